The predicted molar refractivity (Wildman–Crippen MR) is 128 cm³/mol. The number of hydrogen-bond donors (Lipinski definition) is 2. The van der Waals surface area contributed by atoms with Crippen LogP contribution in [0.5, 0.6) is 0 Å². The van der Waals surface area contributed by atoms with Gasteiger partial charge in [-0.3, -0.25) is 4.79 Å². The van der Waals surface area contributed by atoms with Crippen LogP contribution in [0.15, 0.2) is 75.3 Å². The first kappa shape index (κ1) is 22.2. The summed E-state index contributed by atoms with van der Waals surface area (Å²) in [6, 6.07) is 15.6. The molecule has 1 aromatic carbocycles. The fraction of sp³-hybridized carbons (Fsp3) is 0.238. The van der Waals surface area contributed by atoms with E-state index in [-0.39, 0.29) is 29.5 Å². The molecule has 3 aromatic rings. The smallest absolute Gasteiger partial charge is 0.250 e. The molecule has 0 aliphatic heterocycles. The number of benzene rings is 1. The third-order valence-electron chi connectivity index (χ3n) is 4.08. The van der Waals surface area contributed by atoms with Crippen molar-refractivity contribution in [1.82, 2.24) is 15.2 Å². The van der Waals surface area contributed by atoms with Gasteiger partial charge in [0.15, 0.2) is 5.96 Å². The Kier molecular flexibility index (Phi) is 9.22. The van der Waals surface area contributed by atoms with Crippen LogP contribution in [-0.2, 0) is 19.6 Å². The maximum atomic E-state index is 11.8. The van der Waals surface area contributed by atoms with Crippen LogP contribution < -0.4 is 16.2 Å². The summed E-state index contributed by atoms with van der Waals surface area (Å²) in [7, 11) is 0. The lowest BCUT2D eigenvalue weighted by atomic mass is 10.1. The number of nitrogens with one attached hydrogen (secondary N) is 2. The van der Waals surface area contributed by atoms with Crippen LogP contribution in [0.2, 0.25) is 0 Å². The van der Waals surface area contributed by atoms with E-state index in [0.717, 1.165) is 18.1 Å². The number of pyridine rings is 1. The van der Waals surface area contributed by atoms with Gasteiger partial charge in [-0.1, -0.05) is 30.3 Å². The minimum absolute atomic E-state index is 0. The van der Waals surface area contributed by atoms with E-state index < -0.39 is 0 Å². The summed E-state index contributed by atoms with van der Waals surface area (Å²) in [6.45, 7) is 4.82. The second-order valence-electron chi connectivity index (χ2n) is 6.16. The molecule has 0 atom stereocenters. The lowest BCUT2D eigenvalue weighted by Crippen LogP contribution is -2.36. The Balaban J connectivity index is 0.00000280. The summed E-state index contributed by atoms with van der Waals surface area (Å²) in [5.41, 5.74) is 3.50. The van der Waals surface area contributed by atoms with Crippen LogP contribution in [0.3, 0.4) is 0 Å². The van der Waals surface area contributed by atoms with E-state index in [9.17, 15) is 4.79 Å². The number of hydrogen-bond acceptors (Lipinski definition) is 3. The number of aliphatic imine (C=N–C) groups is 1. The van der Waals surface area contributed by atoms with Gasteiger partial charge in [0.1, 0.15) is 0 Å². The van der Waals surface area contributed by atoms with Gasteiger partial charge in [0, 0.05) is 25.4 Å². The average molecular weight is 508 g/mol. The first-order valence-corrected chi connectivity index (χ1v) is 9.95. The average Bonchev–Trinajstić information content (AvgIpc) is 3.21. The minimum Gasteiger partial charge on any atom is -0.357 e. The van der Waals surface area contributed by atoms with Gasteiger partial charge in [-0.25, -0.2) is 4.99 Å². The SMILES string of the molecule is CCNC(=NCc1ccsc1)NCc1ccc(Cn2ccccc2=O)cc1.I. The van der Waals surface area contributed by atoms with E-state index >= 15 is 0 Å². The van der Waals surface area contributed by atoms with Crippen LogP contribution in [0, 0.1) is 0 Å². The molecule has 0 saturated heterocycles. The number of rotatable bonds is 7. The van der Waals surface area contributed by atoms with Crippen molar-refractivity contribution in [1.29, 1.82) is 0 Å². The molecule has 0 spiro atoms. The highest BCUT2D eigenvalue weighted by molar-refractivity contribution is 14.0. The summed E-state index contributed by atoms with van der Waals surface area (Å²) in [5, 5.41) is 10.8. The van der Waals surface area contributed by atoms with E-state index in [1.807, 2.05) is 12.3 Å². The third kappa shape index (κ3) is 6.79. The van der Waals surface area contributed by atoms with Gasteiger partial charge in [-0.05, 0) is 46.5 Å². The van der Waals surface area contributed by atoms with Gasteiger partial charge in [-0.15, -0.1) is 24.0 Å². The van der Waals surface area contributed by atoms with E-state index in [1.54, 1.807) is 28.0 Å². The number of thiophene rings is 1. The van der Waals surface area contributed by atoms with Crippen LogP contribution in [0.25, 0.3) is 0 Å². The minimum atomic E-state index is 0. The van der Waals surface area contributed by atoms with Gasteiger partial charge in [0.25, 0.3) is 5.56 Å². The topological polar surface area (TPSA) is 58.4 Å². The molecule has 2 N–H and O–H groups in total. The molecule has 0 aliphatic rings. The quantitative estimate of drug-likeness (QED) is 0.290. The fourth-order valence-corrected chi connectivity index (χ4v) is 3.29. The predicted octanol–water partition coefficient (Wildman–Crippen LogP) is 3.83. The van der Waals surface area contributed by atoms with Crippen LogP contribution in [0.1, 0.15) is 23.6 Å². The largest absolute Gasteiger partial charge is 0.357 e. The lowest BCUT2D eigenvalue weighted by Gasteiger charge is -2.12. The van der Waals surface area contributed by atoms with E-state index in [4.69, 9.17) is 0 Å². The molecule has 0 radical (unpaired) electrons. The van der Waals surface area contributed by atoms with Crippen LogP contribution >= 0.6 is 35.3 Å². The van der Waals surface area contributed by atoms with Crippen LogP contribution in [-0.4, -0.2) is 17.1 Å². The Morgan fingerprint density at radius 1 is 1.04 bits per heavy atom. The molecule has 7 heteroatoms. The zero-order valence-electron chi connectivity index (χ0n) is 15.8. The van der Waals surface area contributed by atoms with Crippen LogP contribution in [0.4, 0.5) is 0 Å². The highest BCUT2D eigenvalue weighted by Crippen LogP contribution is 2.08. The van der Waals surface area contributed by atoms with E-state index in [2.05, 4.69) is 63.6 Å². The molecule has 5 nitrogen and oxygen atoms in total. The van der Waals surface area contributed by atoms with Crippen molar-refractivity contribution in [3.8, 4) is 0 Å². The summed E-state index contributed by atoms with van der Waals surface area (Å²) >= 11 is 1.69. The molecule has 2 heterocycles. The van der Waals surface area contributed by atoms with Gasteiger partial charge >= 0.3 is 0 Å². The van der Waals surface area contributed by atoms with Crippen molar-refractivity contribution >= 4 is 41.3 Å². The molecule has 3 rings (SSSR count). The molecule has 0 bridgehead atoms. The molecule has 0 amide bonds. The molecular weight excluding hydrogens is 483 g/mol. The zero-order chi connectivity index (χ0) is 18.9. The lowest BCUT2D eigenvalue weighted by molar-refractivity contribution is 0.758. The second-order valence-corrected chi connectivity index (χ2v) is 6.94. The van der Waals surface area contributed by atoms with Crippen molar-refractivity contribution in [2.24, 2.45) is 4.99 Å². The van der Waals surface area contributed by atoms with Gasteiger partial charge < -0.3 is 15.2 Å². The van der Waals surface area contributed by atoms with E-state index in [1.165, 1.54) is 11.1 Å². The van der Waals surface area contributed by atoms with Gasteiger partial charge in [0.05, 0.1) is 13.1 Å². The Morgan fingerprint density at radius 3 is 2.50 bits per heavy atom. The molecule has 28 heavy (non-hydrogen) atoms. The second kappa shape index (κ2) is 11.7. The van der Waals surface area contributed by atoms with Gasteiger partial charge in [0.2, 0.25) is 0 Å². The number of aromatic nitrogens is 1. The molecule has 0 aliphatic carbocycles. The third-order valence-corrected chi connectivity index (χ3v) is 4.81. The number of halogens is 1. The Hall–Kier alpha value is -2.13. The van der Waals surface area contributed by atoms with Crippen molar-refractivity contribution in [3.05, 3.63) is 92.5 Å². The normalized spacial score (nSPS) is 11.0. The molecule has 0 fully saturated rings. The van der Waals surface area contributed by atoms with Crippen molar-refractivity contribution in [2.45, 2.75) is 26.6 Å². The maximum Gasteiger partial charge on any atom is 0.250 e. The Bertz CT molecular complexity index is 920. The fourth-order valence-electron chi connectivity index (χ4n) is 2.63. The highest BCUT2D eigenvalue weighted by atomic mass is 127. The number of nitrogens with zero attached hydrogens (tertiary/aromatic N) is 2. The molecule has 0 unspecified atom stereocenters. The Labute approximate surface area is 186 Å². The molecule has 2 aromatic heterocycles. The summed E-state index contributed by atoms with van der Waals surface area (Å²) in [4.78, 5) is 16.4. The number of guanidine groups is 1. The summed E-state index contributed by atoms with van der Waals surface area (Å²) < 4.78 is 1.70. The monoisotopic (exact) mass is 508 g/mol. The highest BCUT2D eigenvalue weighted by Gasteiger charge is 2.01. The molecule has 0 saturated carbocycles. The Morgan fingerprint density at radius 2 is 1.82 bits per heavy atom. The first-order valence-electron chi connectivity index (χ1n) is 9.01. The summed E-state index contributed by atoms with van der Waals surface area (Å²) in [6.07, 6.45) is 1.81. The van der Waals surface area contributed by atoms with Crippen molar-refractivity contribution < 1.29 is 0 Å². The standard InChI is InChI=1S/C21H24N4OS.HI/c1-2-22-21(24-14-19-10-12-27-16-19)23-13-17-6-8-18(9-7-17)15-25-11-4-3-5-20(25)26;/h3-12,16H,2,13-15H2,1H3,(H2,22,23,24);1H. The van der Waals surface area contributed by atoms with Crippen molar-refractivity contribution in [3.63, 3.8) is 0 Å². The maximum absolute atomic E-state index is 11.8. The molecular formula is C21H25IN4OS. The van der Waals surface area contributed by atoms with E-state index in [0.29, 0.717) is 19.6 Å². The summed E-state index contributed by atoms with van der Waals surface area (Å²) in [5.74, 6) is 0.809. The first-order chi connectivity index (χ1) is 13.2. The van der Waals surface area contributed by atoms with Gasteiger partial charge in [-0.2, -0.15) is 11.3 Å². The zero-order valence-corrected chi connectivity index (χ0v) is 18.9. The van der Waals surface area contributed by atoms with Crippen molar-refractivity contribution in [2.75, 3.05) is 6.54 Å². The molecule has 148 valence electrons.